The molecular formula is C15H12ClFN2O. The topological polar surface area (TPSA) is 45.8 Å². The fourth-order valence-corrected chi connectivity index (χ4v) is 2.31. The molecule has 5 heteroatoms. The van der Waals surface area contributed by atoms with Gasteiger partial charge in [0.25, 0.3) is 5.56 Å². The van der Waals surface area contributed by atoms with E-state index < -0.39 is 5.82 Å². The van der Waals surface area contributed by atoms with Crippen LogP contribution < -0.4 is 5.56 Å². The van der Waals surface area contributed by atoms with Crippen molar-refractivity contribution in [1.29, 1.82) is 5.26 Å². The van der Waals surface area contributed by atoms with E-state index in [2.05, 4.69) is 0 Å². The summed E-state index contributed by atoms with van der Waals surface area (Å²) in [5.41, 5.74) is 1.77. The Hall–Kier alpha value is -2.12. The molecule has 0 aliphatic rings. The van der Waals surface area contributed by atoms with Crippen molar-refractivity contribution >= 4 is 11.6 Å². The molecule has 0 N–H and O–H groups in total. The zero-order chi connectivity index (χ0) is 14.9. The average Bonchev–Trinajstić information content (AvgIpc) is 2.37. The molecule has 1 aromatic heterocycles. The molecule has 3 nitrogen and oxygen atoms in total. The molecule has 0 saturated carbocycles. The molecule has 0 aliphatic carbocycles. The summed E-state index contributed by atoms with van der Waals surface area (Å²) >= 11 is 5.97. The van der Waals surface area contributed by atoms with E-state index in [-0.39, 0.29) is 22.7 Å². The third-order valence-corrected chi connectivity index (χ3v) is 3.51. The number of nitrogens with zero attached hydrogens (tertiary/aromatic N) is 2. The quantitative estimate of drug-likeness (QED) is 0.853. The first-order valence-electron chi connectivity index (χ1n) is 5.99. The second kappa shape index (κ2) is 5.48. The Bertz CT molecular complexity index is 775. The van der Waals surface area contributed by atoms with E-state index in [1.807, 2.05) is 6.07 Å². The van der Waals surface area contributed by atoms with Gasteiger partial charge in [0.15, 0.2) is 0 Å². The molecule has 0 saturated heterocycles. The lowest BCUT2D eigenvalue weighted by molar-refractivity contribution is 0.625. The van der Waals surface area contributed by atoms with Crippen LogP contribution in [-0.2, 0) is 6.54 Å². The summed E-state index contributed by atoms with van der Waals surface area (Å²) in [6.07, 6.45) is 0. The van der Waals surface area contributed by atoms with Crippen molar-refractivity contribution in [3.05, 3.63) is 67.8 Å². The van der Waals surface area contributed by atoms with Gasteiger partial charge in [-0.1, -0.05) is 17.7 Å². The highest BCUT2D eigenvalue weighted by atomic mass is 35.5. The normalized spacial score (nSPS) is 10.3. The number of benzene rings is 1. The molecule has 0 aliphatic heterocycles. The maximum Gasteiger partial charge on any atom is 0.269 e. The number of hydrogen-bond donors (Lipinski definition) is 0. The van der Waals surface area contributed by atoms with Crippen LogP contribution in [0.25, 0.3) is 0 Å². The first kappa shape index (κ1) is 14.3. The summed E-state index contributed by atoms with van der Waals surface area (Å²) in [5.74, 6) is -0.426. The van der Waals surface area contributed by atoms with Crippen LogP contribution in [0.4, 0.5) is 4.39 Å². The van der Waals surface area contributed by atoms with E-state index in [1.165, 1.54) is 22.8 Å². The Balaban J connectivity index is 2.55. The molecule has 0 radical (unpaired) electrons. The predicted octanol–water partition coefficient (Wildman–Crippen LogP) is 3.18. The number of pyridine rings is 1. The van der Waals surface area contributed by atoms with Crippen LogP contribution in [0, 0.1) is 31.0 Å². The minimum absolute atomic E-state index is 0.119. The Morgan fingerprint density at radius 2 is 2.05 bits per heavy atom. The van der Waals surface area contributed by atoms with Crippen molar-refractivity contribution in [3.8, 4) is 6.07 Å². The number of nitriles is 1. The smallest absolute Gasteiger partial charge is 0.269 e. The van der Waals surface area contributed by atoms with Gasteiger partial charge in [0.2, 0.25) is 0 Å². The molecule has 0 fully saturated rings. The highest BCUT2D eigenvalue weighted by Crippen LogP contribution is 2.18. The fraction of sp³-hybridized carbons (Fsp3) is 0.200. The minimum atomic E-state index is -0.426. The Morgan fingerprint density at radius 3 is 2.65 bits per heavy atom. The van der Waals surface area contributed by atoms with Crippen molar-refractivity contribution in [1.82, 2.24) is 4.57 Å². The fourth-order valence-electron chi connectivity index (χ4n) is 2.08. The zero-order valence-electron chi connectivity index (χ0n) is 11.1. The maximum atomic E-state index is 13.0. The standard InChI is InChI=1S/C15H12ClFN2O/c1-9-5-10(2)19(15(20)13(9)7-18)8-11-3-4-12(17)6-14(11)16/h3-6H,8H2,1-2H3. The largest absolute Gasteiger partial charge is 0.307 e. The molecule has 20 heavy (non-hydrogen) atoms. The molecular weight excluding hydrogens is 279 g/mol. The molecule has 2 rings (SSSR count). The van der Waals surface area contributed by atoms with Gasteiger partial charge < -0.3 is 4.57 Å². The van der Waals surface area contributed by atoms with Gasteiger partial charge in [0.05, 0.1) is 6.54 Å². The number of aromatic nitrogens is 1. The molecule has 0 amide bonds. The SMILES string of the molecule is Cc1cc(C)n(Cc2ccc(F)cc2Cl)c(=O)c1C#N. The Labute approximate surface area is 120 Å². The van der Waals surface area contributed by atoms with Gasteiger partial charge in [0.1, 0.15) is 17.4 Å². The molecule has 0 bridgehead atoms. The van der Waals surface area contributed by atoms with Crippen molar-refractivity contribution in [2.45, 2.75) is 20.4 Å². The molecule has 1 heterocycles. The molecule has 102 valence electrons. The van der Waals surface area contributed by atoms with E-state index in [0.717, 1.165) is 5.69 Å². The predicted molar refractivity (Wildman–Crippen MR) is 75.4 cm³/mol. The lowest BCUT2D eigenvalue weighted by Crippen LogP contribution is -2.26. The highest BCUT2D eigenvalue weighted by molar-refractivity contribution is 6.31. The van der Waals surface area contributed by atoms with Gasteiger partial charge in [0, 0.05) is 10.7 Å². The Kier molecular flexibility index (Phi) is 3.91. The molecule has 0 atom stereocenters. The second-order valence-corrected chi connectivity index (χ2v) is 4.99. The lowest BCUT2D eigenvalue weighted by Gasteiger charge is -2.13. The number of aryl methyl sites for hydroxylation is 2. The van der Waals surface area contributed by atoms with Gasteiger partial charge in [-0.3, -0.25) is 4.79 Å². The minimum Gasteiger partial charge on any atom is -0.307 e. The summed E-state index contributed by atoms with van der Waals surface area (Å²) < 4.78 is 14.5. The summed E-state index contributed by atoms with van der Waals surface area (Å²) in [5, 5.41) is 9.29. The number of hydrogen-bond acceptors (Lipinski definition) is 2. The summed E-state index contributed by atoms with van der Waals surface area (Å²) in [4.78, 5) is 12.2. The van der Waals surface area contributed by atoms with E-state index in [9.17, 15) is 9.18 Å². The van der Waals surface area contributed by atoms with Crippen molar-refractivity contribution in [3.63, 3.8) is 0 Å². The molecule has 0 spiro atoms. The van der Waals surface area contributed by atoms with Crippen LogP contribution in [0.3, 0.4) is 0 Å². The van der Waals surface area contributed by atoms with Crippen LogP contribution in [0.1, 0.15) is 22.4 Å². The first-order chi connectivity index (χ1) is 9.43. The van der Waals surface area contributed by atoms with Crippen LogP contribution in [0.15, 0.2) is 29.1 Å². The summed E-state index contributed by atoms with van der Waals surface area (Å²) in [6.45, 7) is 3.72. The summed E-state index contributed by atoms with van der Waals surface area (Å²) in [7, 11) is 0. The van der Waals surface area contributed by atoms with Gasteiger partial charge in [-0.25, -0.2) is 4.39 Å². The van der Waals surface area contributed by atoms with Gasteiger partial charge in [-0.15, -0.1) is 0 Å². The zero-order valence-corrected chi connectivity index (χ0v) is 11.8. The average molecular weight is 291 g/mol. The number of halogens is 2. The van der Waals surface area contributed by atoms with Crippen LogP contribution >= 0.6 is 11.6 Å². The molecule has 0 unspecified atom stereocenters. The molecule has 2 aromatic rings. The first-order valence-corrected chi connectivity index (χ1v) is 6.37. The highest BCUT2D eigenvalue weighted by Gasteiger charge is 2.11. The number of rotatable bonds is 2. The second-order valence-electron chi connectivity index (χ2n) is 4.58. The van der Waals surface area contributed by atoms with E-state index in [1.54, 1.807) is 19.9 Å². The van der Waals surface area contributed by atoms with E-state index in [4.69, 9.17) is 16.9 Å². The van der Waals surface area contributed by atoms with E-state index >= 15 is 0 Å². The van der Waals surface area contributed by atoms with Gasteiger partial charge in [-0.05, 0) is 43.2 Å². The molecule has 1 aromatic carbocycles. The van der Waals surface area contributed by atoms with Crippen LogP contribution in [0.2, 0.25) is 5.02 Å². The summed E-state index contributed by atoms with van der Waals surface area (Å²) in [6, 6.07) is 7.72. The van der Waals surface area contributed by atoms with Crippen LogP contribution in [-0.4, -0.2) is 4.57 Å². The van der Waals surface area contributed by atoms with Gasteiger partial charge >= 0.3 is 0 Å². The van der Waals surface area contributed by atoms with Crippen LogP contribution in [0.5, 0.6) is 0 Å². The third-order valence-electron chi connectivity index (χ3n) is 3.16. The third kappa shape index (κ3) is 2.59. The van der Waals surface area contributed by atoms with Gasteiger partial charge in [-0.2, -0.15) is 5.26 Å². The Morgan fingerprint density at radius 1 is 1.35 bits per heavy atom. The lowest BCUT2D eigenvalue weighted by atomic mass is 10.1. The van der Waals surface area contributed by atoms with Crippen molar-refractivity contribution in [2.75, 3.05) is 0 Å². The maximum absolute atomic E-state index is 13.0. The monoisotopic (exact) mass is 290 g/mol. The van der Waals surface area contributed by atoms with Crippen molar-refractivity contribution in [2.24, 2.45) is 0 Å². The van der Waals surface area contributed by atoms with Crippen molar-refractivity contribution < 1.29 is 4.39 Å². The van der Waals surface area contributed by atoms with E-state index in [0.29, 0.717) is 11.1 Å².